The van der Waals surface area contributed by atoms with Gasteiger partial charge in [-0.1, -0.05) is 0 Å². The standard InChI is InChI=1S/C23H12F34O3/c24-8(25,10(28,29)12(32,33)14(36,37)16(40,41)18(44,45)20(48,49)22(52,53)54)3-1-5-59-7(58)60-6-2-4-9(26,27)11(30,31)13(34,35)15(38,39)17(42,43)19(46,47)21(50,51)23(55,56)57/h1-6H2. The van der Waals surface area contributed by atoms with Crippen LogP contribution < -0.4 is 0 Å². The molecule has 0 fully saturated rings. The Morgan fingerprint density at radius 3 is 0.617 bits per heavy atom. The number of carbonyl (C=O) groups is 1. The lowest BCUT2D eigenvalue weighted by Gasteiger charge is -2.42. The minimum atomic E-state index is -8.97. The quantitative estimate of drug-likeness (QED) is 0.0693. The first-order valence-electron chi connectivity index (χ1n) is 13.8. The van der Waals surface area contributed by atoms with Gasteiger partial charge in [-0.3, -0.25) is 0 Å². The molecule has 0 bridgehead atoms. The van der Waals surface area contributed by atoms with Crippen molar-refractivity contribution in [2.45, 2.75) is 121 Å². The van der Waals surface area contributed by atoms with Crippen LogP contribution in [-0.2, 0) is 9.47 Å². The van der Waals surface area contributed by atoms with Crippen molar-refractivity contribution in [3.8, 4) is 0 Å². The summed E-state index contributed by atoms with van der Waals surface area (Å²) in [5, 5.41) is 0. The van der Waals surface area contributed by atoms with Gasteiger partial charge in [0.15, 0.2) is 0 Å². The van der Waals surface area contributed by atoms with Gasteiger partial charge in [0.2, 0.25) is 0 Å². The van der Waals surface area contributed by atoms with Gasteiger partial charge < -0.3 is 9.47 Å². The normalized spacial score (nSPS) is 16.3. The second-order valence-corrected chi connectivity index (χ2v) is 11.5. The van der Waals surface area contributed by atoms with Crippen LogP contribution in [0.15, 0.2) is 0 Å². The molecule has 0 spiro atoms. The fourth-order valence-corrected chi connectivity index (χ4v) is 3.65. The molecule has 360 valence electrons. The molecule has 0 rings (SSSR count). The fourth-order valence-electron chi connectivity index (χ4n) is 3.65. The summed E-state index contributed by atoms with van der Waals surface area (Å²) < 4.78 is 457. The molecule has 0 N–H and O–H groups in total. The maximum Gasteiger partial charge on any atom is 0.508 e. The Labute approximate surface area is 305 Å². The lowest BCUT2D eigenvalue weighted by atomic mass is 9.88. The van der Waals surface area contributed by atoms with Gasteiger partial charge >= 0.3 is 101 Å². The molecule has 0 radical (unpaired) electrons. The van der Waals surface area contributed by atoms with Crippen LogP contribution in [0.3, 0.4) is 0 Å². The van der Waals surface area contributed by atoms with Gasteiger partial charge in [0.05, 0.1) is 13.2 Å². The van der Waals surface area contributed by atoms with E-state index in [0.29, 0.717) is 0 Å². The monoisotopic (exact) mass is 982 g/mol. The van der Waals surface area contributed by atoms with E-state index < -0.39 is 140 Å². The first kappa shape index (κ1) is 56.9. The predicted octanol–water partition coefficient (Wildman–Crippen LogP) is 12.7. The number of halogens is 34. The number of hydrogen-bond donors (Lipinski definition) is 0. The number of ether oxygens (including phenoxy) is 2. The molecule has 0 aliphatic rings. The molecular weight excluding hydrogens is 970 g/mol. The lowest BCUT2D eigenvalue weighted by molar-refractivity contribution is -0.461. The Hall–Kier alpha value is -3.11. The van der Waals surface area contributed by atoms with E-state index >= 15 is 0 Å². The van der Waals surface area contributed by atoms with Crippen LogP contribution >= 0.6 is 0 Å². The summed E-state index contributed by atoms with van der Waals surface area (Å²) in [5.41, 5.74) is 0. The SMILES string of the molecule is O=C(OCCCC(F)(F)C(F)(F)C(F)(F)C(F)(F)C(F)(F)C(F)(F)C(F)(F)C(F)(F)F)OCCCC(F)(F)C(F)(F)C(F)(F)C(F)(F)C(F)(F)C(F)(F)C(F)(F)C(F)(F)F. The Kier molecular flexibility index (Phi) is 14.8. The molecule has 0 aromatic carbocycles. The molecule has 0 aromatic rings. The van der Waals surface area contributed by atoms with E-state index in [1.54, 1.807) is 0 Å². The van der Waals surface area contributed by atoms with E-state index in [2.05, 4.69) is 9.47 Å². The van der Waals surface area contributed by atoms with Crippen molar-refractivity contribution in [2.75, 3.05) is 13.2 Å². The van der Waals surface area contributed by atoms with E-state index in [-0.39, 0.29) is 0 Å². The van der Waals surface area contributed by atoms with Crippen molar-refractivity contribution >= 4 is 6.16 Å². The summed E-state index contributed by atoms with van der Waals surface area (Å²) in [6.45, 7) is -4.14. The Morgan fingerprint density at radius 2 is 0.433 bits per heavy atom. The zero-order chi connectivity index (χ0) is 49.2. The molecule has 0 atom stereocenters. The van der Waals surface area contributed by atoms with E-state index in [9.17, 15) is 154 Å². The molecule has 0 amide bonds. The topological polar surface area (TPSA) is 35.5 Å². The molecule has 37 heteroatoms. The maximum absolute atomic E-state index is 13.8. The second-order valence-electron chi connectivity index (χ2n) is 11.5. The summed E-state index contributed by atoms with van der Waals surface area (Å²) in [7, 11) is 0. The van der Waals surface area contributed by atoms with E-state index in [1.807, 2.05) is 0 Å². The van der Waals surface area contributed by atoms with Gasteiger partial charge in [0, 0.05) is 12.8 Å². The minimum Gasteiger partial charge on any atom is -0.434 e. The second kappa shape index (κ2) is 15.6. The third kappa shape index (κ3) is 8.26. The Bertz CT molecular complexity index is 1380. The highest BCUT2D eigenvalue weighted by molar-refractivity contribution is 5.59. The molecule has 0 heterocycles. The average molecular weight is 982 g/mol. The molecule has 0 saturated heterocycles. The Morgan fingerprint density at radius 1 is 0.267 bits per heavy atom. The van der Waals surface area contributed by atoms with Crippen molar-refractivity contribution < 1.29 is 164 Å². The molecular formula is C23H12F34O3. The largest absolute Gasteiger partial charge is 0.508 e. The van der Waals surface area contributed by atoms with Gasteiger partial charge in [-0.25, -0.2) is 4.79 Å². The molecule has 0 aromatic heterocycles. The van der Waals surface area contributed by atoms with E-state index in [0.717, 1.165) is 0 Å². The molecule has 3 nitrogen and oxygen atoms in total. The van der Waals surface area contributed by atoms with Crippen molar-refractivity contribution in [1.29, 1.82) is 0 Å². The third-order valence-corrected chi connectivity index (χ3v) is 7.28. The van der Waals surface area contributed by atoms with E-state index in [1.165, 1.54) is 0 Å². The first-order chi connectivity index (χ1) is 25.6. The highest BCUT2D eigenvalue weighted by atomic mass is 19.4. The van der Waals surface area contributed by atoms with Gasteiger partial charge in [-0.2, -0.15) is 149 Å². The van der Waals surface area contributed by atoms with Crippen LogP contribution in [0.4, 0.5) is 154 Å². The smallest absolute Gasteiger partial charge is 0.434 e. The fraction of sp³-hybridized carbons (Fsp3) is 0.957. The van der Waals surface area contributed by atoms with Crippen molar-refractivity contribution in [3.63, 3.8) is 0 Å². The zero-order valence-electron chi connectivity index (χ0n) is 26.8. The van der Waals surface area contributed by atoms with Gasteiger partial charge in [0.25, 0.3) is 0 Å². The highest BCUT2D eigenvalue weighted by Gasteiger charge is 2.96. The number of carbonyl (C=O) groups excluding carboxylic acids is 1. The minimum absolute atomic E-state index is 2.07. The maximum atomic E-state index is 13.8. The molecule has 0 aliphatic heterocycles. The lowest BCUT2D eigenvalue weighted by Crippen LogP contribution is -2.74. The van der Waals surface area contributed by atoms with Crippen LogP contribution in [-0.4, -0.2) is 115 Å². The first-order valence-corrected chi connectivity index (χ1v) is 13.8. The summed E-state index contributed by atoms with van der Waals surface area (Å²) in [4.78, 5) is 11.2. The molecule has 0 unspecified atom stereocenters. The summed E-state index contributed by atoms with van der Waals surface area (Å²) >= 11 is 0. The van der Waals surface area contributed by atoms with E-state index in [4.69, 9.17) is 0 Å². The summed E-state index contributed by atoms with van der Waals surface area (Å²) in [5.74, 6) is -118. The summed E-state index contributed by atoms with van der Waals surface area (Å²) in [6, 6.07) is 0. The molecule has 60 heavy (non-hydrogen) atoms. The number of rotatable bonds is 20. The molecule has 0 aliphatic carbocycles. The van der Waals surface area contributed by atoms with Crippen molar-refractivity contribution in [3.05, 3.63) is 0 Å². The summed E-state index contributed by atoms with van der Waals surface area (Å²) in [6.07, 6.45) is -29.5. The van der Waals surface area contributed by atoms with Gasteiger partial charge in [0.1, 0.15) is 0 Å². The number of hydrogen-bond acceptors (Lipinski definition) is 3. The van der Waals surface area contributed by atoms with Crippen LogP contribution in [0.1, 0.15) is 25.7 Å². The number of alkyl halides is 34. The highest BCUT2D eigenvalue weighted by Crippen LogP contribution is 2.66. The predicted molar refractivity (Wildman–Crippen MR) is 117 cm³/mol. The van der Waals surface area contributed by atoms with Gasteiger partial charge in [-0.15, -0.1) is 0 Å². The van der Waals surface area contributed by atoms with Crippen LogP contribution in [0.25, 0.3) is 0 Å². The van der Waals surface area contributed by atoms with Crippen LogP contribution in [0, 0.1) is 0 Å². The van der Waals surface area contributed by atoms with Crippen LogP contribution in [0.5, 0.6) is 0 Å². The Balaban J connectivity index is 5.80. The zero-order valence-corrected chi connectivity index (χ0v) is 26.8. The van der Waals surface area contributed by atoms with Crippen LogP contribution in [0.2, 0.25) is 0 Å². The van der Waals surface area contributed by atoms with Gasteiger partial charge in [-0.05, 0) is 12.8 Å². The molecule has 0 saturated carbocycles. The average Bonchev–Trinajstić information content (AvgIpc) is 3.02. The van der Waals surface area contributed by atoms with Crippen molar-refractivity contribution in [1.82, 2.24) is 0 Å². The van der Waals surface area contributed by atoms with Crippen molar-refractivity contribution in [2.24, 2.45) is 0 Å². The third-order valence-electron chi connectivity index (χ3n) is 7.28.